The molecule has 108 valence electrons. The van der Waals surface area contributed by atoms with Gasteiger partial charge in [0.15, 0.2) is 0 Å². The number of likely N-dealkylation sites (tertiary alicyclic amines) is 1. The molecular weight excluding hydrogens is 290 g/mol. The van der Waals surface area contributed by atoms with Gasteiger partial charge in [-0.25, -0.2) is 0 Å². The van der Waals surface area contributed by atoms with Crippen LogP contribution in [0.4, 0.5) is 0 Å². The molecule has 1 aliphatic heterocycles. The van der Waals surface area contributed by atoms with Crippen LogP contribution in [0, 0.1) is 63.7 Å². The minimum atomic E-state index is 0. The normalized spacial score (nSPS) is 27.1. The topological polar surface area (TPSA) is 12.5 Å². The summed E-state index contributed by atoms with van der Waals surface area (Å²) < 4.78 is 5.23. The molecule has 1 atom stereocenters. The van der Waals surface area contributed by atoms with Crippen LogP contribution in [0.15, 0.2) is 0 Å². The van der Waals surface area contributed by atoms with Gasteiger partial charge in [0.1, 0.15) is 0 Å². The van der Waals surface area contributed by atoms with E-state index in [9.17, 15) is 0 Å². The van der Waals surface area contributed by atoms with Gasteiger partial charge in [-0.2, -0.15) is 0 Å². The summed E-state index contributed by atoms with van der Waals surface area (Å²) in [5.41, 5.74) is 0. The molecule has 3 aliphatic rings. The summed E-state index contributed by atoms with van der Waals surface area (Å²) in [7, 11) is 1.79. The van der Waals surface area contributed by atoms with E-state index in [0.29, 0.717) is 6.04 Å². The Balaban J connectivity index is 0.000000283. The number of hydrogen-bond donors (Lipinski definition) is 0. The number of hydrogen-bond acceptors (Lipinski definition) is 2. The van der Waals surface area contributed by atoms with E-state index in [4.69, 9.17) is 4.74 Å². The van der Waals surface area contributed by atoms with Crippen molar-refractivity contribution < 1.29 is 21.8 Å². The van der Waals surface area contributed by atoms with E-state index >= 15 is 0 Å². The van der Waals surface area contributed by atoms with Crippen molar-refractivity contribution in [1.29, 1.82) is 0 Å². The Morgan fingerprint density at radius 3 is 2.20 bits per heavy atom. The van der Waals surface area contributed by atoms with Crippen LogP contribution in [-0.4, -0.2) is 37.7 Å². The molecule has 0 unspecified atom stereocenters. The second-order valence-electron chi connectivity index (χ2n) is 4.98. The van der Waals surface area contributed by atoms with Crippen LogP contribution >= 0.6 is 0 Å². The molecule has 0 N–H and O–H groups in total. The van der Waals surface area contributed by atoms with Crippen molar-refractivity contribution >= 4 is 0 Å². The fraction of sp³-hybridized carbons (Fsp3) is 0.412. The van der Waals surface area contributed by atoms with E-state index in [1.807, 2.05) is 32.1 Å². The fourth-order valence-corrected chi connectivity index (χ4v) is 2.56. The predicted molar refractivity (Wildman–Crippen MR) is 78.4 cm³/mol. The zero-order chi connectivity index (χ0) is 13.3. The van der Waals surface area contributed by atoms with E-state index in [1.165, 1.54) is 25.3 Å². The number of methoxy groups -OCH3 is 1. The van der Waals surface area contributed by atoms with Crippen LogP contribution in [0.5, 0.6) is 0 Å². The van der Waals surface area contributed by atoms with Gasteiger partial charge in [0.05, 0.1) is 6.61 Å². The maximum atomic E-state index is 5.23. The van der Waals surface area contributed by atoms with Gasteiger partial charge < -0.3 is 4.74 Å². The summed E-state index contributed by atoms with van der Waals surface area (Å²) in [6, 6.07) is 0.634. The molecule has 2 aliphatic carbocycles. The SMILES string of the molecule is COC[C@@H]1CCCN1C[C]1[CH][CH][CH][CH]1.[CH]1[CH][CH][CH][CH]1.[Fe+2]. The summed E-state index contributed by atoms with van der Waals surface area (Å²) >= 11 is 0. The van der Waals surface area contributed by atoms with Gasteiger partial charge in [0.2, 0.25) is 0 Å². The first-order chi connectivity index (χ1) is 9.40. The summed E-state index contributed by atoms with van der Waals surface area (Å²) in [6.45, 7) is 3.18. The average Bonchev–Trinajstić information content (AvgIpc) is 3.13. The first-order valence-corrected chi connectivity index (χ1v) is 7.00. The van der Waals surface area contributed by atoms with E-state index < -0.39 is 0 Å². The molecule has 0 amide bonds. The smallest absolute Gasteiger partial charge is 0.383 e. The molecular formula is C17H23FeNO+2. The van der Waals surface area contributed by atoms with Crippen molar-refractivity contribution in [3.63, 3.8) is 0 Å². The first kappa shape index (κ1) is 18.5. The minimum absolute atomic E-state index is 0. The molecule has 0 aromatic rings. The van der Waals surface area contributed by atoms with Crippen LogP contribution in [0.1, 0.15) is 12.8 Å². The first-order valence-electron chi connectivity index (χ1n) is 7.00. The van der Waals surface area contributed by atoms with E-state index in [0.717, 1.165) is 13.2 Å². The second-order valence-corrected chi connectivity index (χ2v) is 4.98. The second kappa shape index (κ2) is 11.1. The number of ether oxygens (including phenoxy) is 1. The van der Waals surface area contributed by atoms with Crippen molar-refractivity contribution in [1.82, 2.24) is 4.90 Å². The summed E-state index contributed by atoms with van der Waals surface area (Å²) in [4.78, 5) is 2.53. The molecule has 0 spiro atoms. The van der Waals surface area contributed by atoms with Crippen LogP contribution < -0.4 is 0 Å². The van der Waals surface area contributed by atoms with Gasteiger partial charge in [0.25, 0.3) is 0 Å². The van der Waals surface area contributed by atoms with Crippen molar-refractivity contribution in [2.45, 2.75) is 18.9 Å². The Kier molecular flexibility index (Phi) is 10.2. The molecule has 1 heterocycles. The Labute approximate surface area is 136 Å². The molecule has 2 nitrogen and oxygen atoms in total. The van der Waals surface area contributed by atoms with Crippen LogP contribution in [0.25, 0.3) is 0 Å². The molecule has 0 aromatic heterocycles. The van der Waals surface area contributed by atoms with Crippen LogP contribution in [0.2, 0.25) is 0 Å². The zero-order valence-corrected chi connectivity index (χ0v) is 13.1. The van der Waals surface area contributed by atoms with Crippen molar-refractivity contribution in [2.75, 3.05) is 26.8 Å². The van der Waals surface area contributed by atoms with Gasteiger partial charge in [-0.05, 0) is 83.1 Å². The quantitative estimate of drug-likeness (QED) is 0.740. The summed E-state index contributed by atoms with van der Waals surface area (Å²) in [5, 5.41) is 0. The molecule has 3 fully saturated rings. The van der Waals surface area contributed by atoms with E-state index in [1.54, 1.807) is 7.11 Å². The number of rotatable bonds is 4. The van der Waals surface area contributed by atoms with Gasteiger partial charge in [-0.3, -0.25) is 4.90 Å². The molecule has 3 rings (SSSR count). The standard InChI is InChI=1S/C12H18NO.C5H5.Fe/c1-14-10-12-7-4-8-13(12)9-11-5-2-3-6-11;1-2-4-5-3-1;/h2-3,5-6,12H,4,7-10H2,1H3;1-5H;/q;;+2/t12-;;/m0../s1. The van der Waals surface area contributed by atoms with Crippen LogP contribution in [-0.2, 0) is 21.8 Å². The molecule has 0 aromatic carbocycles. The minimum Gasteiger partial charge on any atom is -0.383 e. The van der Waals surface area contributed by atoms with Crippen LogP contribution in [0.3, 0.4) is 0 Å². The van der Waals surface area contributed by atoms with Gasteiger partial charge in [0, 0.05) is 19.7 Å². The molecule has 20 heavy (non-hydrogen) atoms. The van der Waals surface area contributed by atoms with Gasteiger partial charge >= 0.3 is 17.1 Å². The maximum absolute atomic E-state index is 5.23. The third kappa shape index (κ3) is 6.47. The summed E-state index contributed by atoms with van der Waals surface area (Å²) in [6.07, 6.45) is 21.2. The van der Waals surface area contributed by atoms with Gasteiger partial charge in [-0.15, -0.1) is 0 Å². The monoisotopic (exact) mass is 313 g/mol. The Morgan fingerprint density at radius 1 is 1.05 bits per heavy atom. The third-order valence-corrected chi connectivity index (χ3v) is 3.53. The van der Waals surface area contributed by atoms with E-state index in [2.05, 4.69) is 30.6 Å². The fourth-order valence-electron chi connectivity index (χ4n) is 2.56. The predicted octanol–water partition coefficient (Wildman–Crippen LogP) is 2.52. The molecule has 0 bridgehead atoms. The maximum Gasteiger partial charge on any atom is 2.00 e. The zero-order valence-electron chi connectivity index (χ0n) is 12.0. The van der Waals surface area contributed by atoms with Crippen molar-refractivity contribution in [3.05, 3.63) is 63.7 Å². The molecule has 3 heteroatoms. The third-order valence-electron chi connectivity index (χ3n) is 3.53. The Morgan fingerprint density at radius 2 is 1.65 bits per heavy atom. The Bertz CT molecular complexity index is 219. The molecule has 10 radical (unpaired) electrons. The average molecular weight is 313 g/mol. The number of nitrogens with zero attached hydrogens (tertiary/aromatic N) is 1. The molecule has 1 saturated heterocycles. The largest absolute Gasteiger partial charge is 2.00 e. The van der Waals surface area contributed by atoms with Gasteiger partial charge in [-0.1, -0.05) is 0 Å². The van der Waals surface area contributed by atoms with E-state index in [-0.39, 0.29) is 17.1 Å². The molecule has 2 saturated carbocycles. The Hall–Kier alpha value is 0.439. The summed E-state index contributed by atoms with van der Waals surface area (Å²) in [5.74, 6) is 1.42. The van der Waals surface area contributed by atoms with Crippen molar-refractivity contribution in [2.24, 2.45) is 0 Å². The van der Waals surface area contributed by atoms with Crippen molar-refractivity contribution in [3.8, 4) is 0 Å².